The van der Waals surface area contributed by atoms with Crippen LogP contribution in [0.3, 0.4) is 0 Å². The highest BCUT2D eigenvalue weighted by atomic mass is 32.2. The molecule has 0 unspecified atom stereocenters. The monoisotopic (exact) mass is 122 g/mol. The molecular weight excluding hydrogens is 118 g/mol. The molecule has 1 radical (unpaired) electrons. The zero-order chi connectivity index (χ0) is 5.40. The van der Waals surface area contributed by atoms with Crippen LogP contribution in [0.5, 0.6) is 0 Å². The molecule has 1 aromatic rings. The van der Waals surface area contributed by atoms with Gasteiger partial charge in [-0.3, -0.25) is 0 Å². The highest BCUT2D eigenvalue weighted by molar-refractivity contribution is 8.02. The van der Waals surface area contributed by atoms with Crippen LogP contribution >= 0.6 is 11.8 Å². The largest absolute Gasteiger partial charge is 0.250 e. The van der Waals surface area contributed by atoms with E-state index in [1.165, 1.54) is 5.56 Å². The number of nitrogens with zero attached hydrogens (tertiary/aromatic N) is 1. The molecule has 2 heteroatoms. The second-order valence-electron chi connectivity index (χ2n) is 1.63. The highest BCUT2D eigenvalue weighted by Gasteiger charge is 2.13. The fourth-order valence-corrected chi connectivity index (χ4v) is 1.28. The van der Waals surface area contributed by atoms with Crippen LogP contribution in [0.15, 0.2) is 23.4 Å². The minimum Gasteiger partial charge on any atom is -0.250 e. The van der Waals surface area contributed by atoms with Crippen molar-refractivity contribution in [1.29, 1.82) is 0 Å². The zero-order valence-corrected chi connectivity index (χ0v) is 4.98. The number of rotatable bonds is 0. The fraction of sp³-hybridized carbons (Fsp3) is 0. The molecule has 2 rings (SSSR count). The molecule has 0 aromatic carbocycles. The molecule has 8 heavy (non-hydrogen) atoms. The lowest BCUT2D eigenvalue weighted by molar-refractivity contribution is 1.08. The fourth-order valence-electron chi connectivity index (χ4n) is 0.653. The Labute approximate surface area is 52.1 Å². The van der Waals surface area contributed by atoms with E-state index in [4.69, 9.17) is 0 Å². The number of hydrogen-bond acceptors (Lipinski definition) is 2. The summed E-state index contributed by atoms with van der Waals surface area (Å²) in [5, 5.41) is 1.16. The summed E-state index contributed by atoms with van der Waals surface area (Å²) in [5.74, 6) is 2.10. The van der Waals surface area contributed by atoms with Crippen LogP contribution < -0.4 is 0 Å². The Morgan fingerprint density at radius 2 is 2.50 bits per heavy atom. The highest BCUT2D eigenvalue weighted by Crippen LogP contribution is 2.36. The van der Waals surface area contributed by atoms with Crippen LogP contribution in [0.25, 0.3) is 0 Å². The summed E-state index contributed by atoms with van der Waals surface area (Å²) in [5.41, 5.74) is 1.28. The first-order valence-electron chi connectivity index (χ1n) is 2.42. The Morgan fingerprint density at radius 3 is 2.88 bits per heavy atom. The third-order valence-electron chi connectivity index (χ3n) is 1.10. The molecule has 0 spiro atoms. The maximum Gasteiger partial charge on any atom is 0.101 e. The van der Waals surface area contributed by atoms with E-state index in [9.17, 15) is 0 Å². The van der Waals surface area contributed by atoms with Crippen LogP contribution in [-0.2, 0) is 0 Å². The van der Waals surface area contributed by atoms with E-state index in [0.717, 1.165) is 5.03 Å². The Hall–Kier alpha value is -0.500. The minimum absolute atomic E-state index is 1.16. The second-order valence-corrected chi connectivity index (χ2v) is 2.49. The summed E-state index contributed by atoms with van der Waals surface area (Å²) in [7, 11) is 0. The van der Waals surface area contributed by atoms with Gasteiger partial charge in [-0.15, -0.1) is 0 Å². The quantitative estimate of drug-likeness (QED) is 0.519. The summed E-state index contributed by atoms with van der Waals surface area (Å²) >= 11 is 1.69. The first-order valence-corrected chi connectivity index (χ1v) is 3.30. The lowest BCUT2D eigenvalue weighted by Crippen LogP contribution is -1.94. The SMILES string of the molecule is [CH]1Sc2ncccc21. The van der Waals surface area contributed by atoms with Crippen LogP contribution in [0, 0.1) is 5.75 Å². The van der Waals surface area contributed by atoms with Gasteiger partial charge < -0.3 is 0 Å². The topological polar surface area (TPSA) is 12.9 Å². The molecule has 0 bridgehead atoms. The summed E-state index contributed by atoms with van der Waals surface area (Å²) in [6.07, 6.45) is 1.82. The number of hydrogen-bond donors (Lipinski definition) is 0. The lowest BCUT2D eigenvalue weighted by atomic mass is 10.3. The molecule has 0 fully saturated rings. The summed E-state index contributed by atoms with van der Waals surface area (Å²) in [4.78, 5) is 4.10. The summed E-state index contributed by atoms with van der Waals surface area (Å²) in [6.45, 7) is 0. The van der Waals surface area contributed by atoms with Crippen molar-refractivity contribution in [3.05, 3.63) is 29.6 Å². The maximum atomic E-state index is 4.10. The van der Waals surface area contributed by atoms with Crippen LogP contribution in [0.4, 0.5) is 0 Å². The van der Waals surface area contributed by atoms with Gasteiger partial charge in [0.05, 0.1) is 5.75 Å². The molecule has 0 saturated heterocycles. The first-order chi connectivity index (χ1) is 3.97. The average Bonchev–Trinajstić information content (AvgIpc) is 1.72. The van der Waals surface area contributed by atoms with Crippen LogP contribution in [0.1, 0.15) is 5.56 Å². The van der Waals surface area contributed by atoms with Crippen molar-refractivity contribution in [2.24, 2.45) is 0 Å². The van der Waals surface area contributed by atoms with Gasteiger partial charge in [-0.2, -0.15) is 0 Å². The van der Waals surface area contributed by atoms with Gasteiger partial charge in [0, 0.05) is 6.20 Å². The van der Waals surface area contributed by atoms with Crippen LogP contribution in [0.2, 0.25) is 0 Å². The number of pyridine rings is 1. The molecule has 0 aliphatic carbocycles. The Bertz CT molecular complexity index is 186. The van der Waals surface area contributed by atoms with Crippen LogP contribution in [-0.4, -0.2) is 4.98 Å². The third-order valence-corrected chi connectivity index (χ3v) is 2.03. The molecule has 1 aliphatic heterocycles. The molecule has 0 saturated carbocycles. The Balaban J connectivity index is 2.62. The molecule has 2 heterocycles. The zero-order valence-electron chi connectivity index (χ0n) is 4.16. The molecule has 1 aromatic heterocycles. The number of thioether (sulfide) groups is 1. The van der Waals surface area contributed by atoms with Crippen molar-refractivity contribution in [3.8, 4) is 0 Å². The van der Waals surface area contributed by atoms with Gasteiger partial charge >= 0.3 is 0 Å². The van der Waals surface area contributed by atoms with Gasteiger partial charge in [0.15, 0.2) is 0 Å². The maximum absolute atomic E-state index is 4.10. The first kappa shape index (κ1) is 4.39. The average molecular weight is 122 g/mol. The number of fused-ring (bicyclic) bond motifs is 1. The van der Waals surface area contributed by atoms with Gasteiger partial charge in [0.25, 0.3) is 0 Å². The smallest absolute Gasteiger partial charge is 0.101 e. The van der Waals surface area contributed by atoms with E-state index in [1.807, 2.05) is 12.3 Å². The summed E-state index contributed by atoms with van der Waals surface area (Å²) in [6, 6.07) is 4.02. The Kier molecular flexibility index (Phi) is 0.815. The second kappa shape index (κ2) is 1.49. The normalized spacial score (nSPS) is 14.5. The molecule has 0 amide bonds. The van der Waals surface area contributed by atoms with Gasteiger partial charge in [0.2, 0.25) is 0 Å². The van der Waals surface area contributed by atoms with Gasteiger partial charge in [-0.05, 0) is 11.6 Å². The molecule has 1 aliphatic rings. The van der Waals surface area contributed by atoms with E-state index in [-0.39, 0.29) is 0 Å². The lowest BCUT2D eigenvalue weighted by Gasteiger charge is -2.13. The number of aromatic nitrogens is 1. The van der Waals surface area contributed by atoms with Gasteiger partial charge in [-0.1, -0.05) is 17.8 Å². The molecule has 0 atom stereocenters. The molecule has 0 N–H and O–H groups in total. The van der Waals surface area contributed by atoms with E-state index >= 15 is 0 Å². The van der Waals surface area contributed by atoms with E-state index < -0.39 is 0 Å². The molecular formula is C6H4NS. The van der Waals surface area contributed by atoms with E-state index in [2.05, 4.69) is 16.8 Å². The predicted molar refractivity (Wildman–Crippen MR) is 33.5 cm³/mol. The van der Waals surface area contributed by atoms with Crippen molar-refractivity contribution in [2.75, 3.05) is 0 Å². The molecule has 1 nitrogen and oxygen atoms in total. The Morgan fingerprint density at radius 1 is 1.50 bits per heavy atom. The van der Waals surface area contributed by atoms with Crippen molar-refractivity contribution < 1.29 is 0 Å². The van der Waals surface area contributed by atoms with E-state index in [1.54, 1.807) is 11.8 Å². The summed E-state index contributed by atoms with van der Waals surface area (Å²) < 4.78 is 0. The van der Waals surface area contributed by atoms with Crippen molar-refractivity contribution in [1.82, 2.24) is 4.98 Å². The minimum atomic E-state index is 1.16. The van der Waals surface area contributed by atoms with Gasteiger partial charge in [-0.25, -0.2) is 4.98 Å². The van der Waals surface area contributed by atoms with Crippen molar-refractivity contribution >= 4 is 11.8 Å². The van der Waals surface area contributed by atoms with E-state index in [0.29, 0.717) is 0 Å². The van der Waals surface area contributed by atoms with Crippen molar-refractivity contribution in [3.63, 3.8) is 0 Å². The predicted octanol–water partition coefficient (Wildman–Crippen LogP) is 1.70. The standard InChI is InChI=1S/C6H4NS/c1-2-5-4-8-6(5)7-3-1/h1-4H. The van der Waals surface area contributed by atoms with Crippen molar-refractivity contribution in [2.45, 2.75) is 5.03 Å². The third kappa shape index (κ3) is 0.464. The molecule has 39 valence electrons. The van der Waals surface area contributed by atoms with Gasteiger partial charge in [0.1, 0.15) is 5.03 Å².